The summed E-state index contributed by atoms with van der Waals surface area (Å²) < 4.78 is 15.6. The van der Waals surface area contributed by atoms with Crippen molar-refractivity contribution in [1.82, 2.24) is 15.1 Å². The van der Waals surface area contributed by atoms with E-state index < -0.39 is 0 Å². The largest absolute Gasteiger partial charge is 0.313 e. The molecule has 1 aromatic heterocycles. The zero-order valence-electron chi connectivity index (χ0n) is 12.6. The van der Waals surface area contributed by atoms with Crippen molar-refractivity contribution in [2.75, 3.05) is 6.54 Å². The van der Waals surface area contributed by atoms with Crippen LogP contribution in [0.15, 0.2) is 18.2 Å². The van der Waals surface area contributed by atoms with E-state index in [2.05, 4.69) is 17.3 Å². The molecule has 108 valence electrons. The first-order chi connectivity index (χ1) is 9.56. The van der Waals surface area contributed by atoms with Gasteiger partial charge in [-0.25, -0.2) is 9.07 Å². The Hall–Kier alpha value is -1.68. The Morgan fingerprint density at radius 1 is 1.20 bits per heavy atom. The van der Waals surface area contributed by atoms with Gasteiger partial charge in [-0.1, -0.05) is 13.8 Å². The van der Waals surface area contributed by atoms with Gasteiger partial charge in [0.05, 0.1) is 11.4 Å². The quantitative estimate of drug-likeness (QED) is 0.907. The predicted octanol–water partition coefficient (Wildman–Crippen LogP) is 3.30. The van der Waals surface area contributed by atoms with E-state index in [9.17, 15) is 4.39 Å². The first kappa shape index (κ1) is 14.7. The van der Waals surface area contributed by atoms with Crippen molar-refractivity contribution in [3.63, 3.8) is 0 Å². The van der Waals surface area contributed by atoms with Gasteiger partial charge in [-0.2, -0.15) is 5.10 Å². The fraction of sp³-hybridized carbons (Fsp3) is 0.438. The predicted molar refractivity (Wildman–Crippen MR) is 79.8 cm³/mol. The van der Waals surface area contributed by atoms with Crippen molar-refractivity contribution in [2.24, 2.45) is 0 Å². The zero-order valence-corrected chi connectivity index (χ0v) is 12.6. The van der Waals surface area contributed by atoms with Gasteiger partial charge >= 0.3 is 0 Å². The molecule has 0 aliphatic carbocycles. The van der Waals surface area contributed by atoms with Crippen LogP contribution in [0.25, 0.3) is 5.69 Å². The van der Waals surface area contributed by atoms with Gasteiger partial charge in [-0.15, -0.1) is 0 Å². The summed E-state index contributed by atoms with van der Waals surface area (Å²) in [5, 5.41) is 7.76. The summed E-state index contributed by atoms with van der Waals surface area (Å²) >= 11 is 0. The summed E-state index contributed by atoms with van der Waals surface area (Å²) in [6.45, 7) is 9.72. The van der Waals surface area contributed by atoms with Crippen LogP contribution in [0.1, 0.15) is 36.4 Å². The number of hydrogen-bond acceptors (Lipinski definition) is 2. The Kier molecular flexibility index (Phi) is 4.55. The second kappa shape index (κ2) is 6.18. The highest BCUT2D eigenvalue weighted by Crippen LogP contribution is 2.20. The minimum atomic E-state index is -0.221. The molecule has 0 spiro atoms. The molecule has 0 fully saturated rings. The minimum absolute atomic E-state index is 0.221. The fourth-order valence-corrected chi connectivity index (χ4v) is 2.57. The molecule has 0 unspecified atom stereocenters. The summed E-state index contributed by atoms with van der Waals surface area (Å²) in [5.41, 5.74) is 5.07. The number of nitrogens with zero attached hydrogens (tertiary/aromatic N) is 2. The molecule has 0 radical (unpaired) electrons. The summed E-state index contributed by atoms with van der Waals surface area (Å²) in [4.78, 5) is 0. The lowest BCUT2D eigenvalue weighted by Crippen LogP contribution is -2.12. The number of hydrogen-bond donors (Lipinski definition) is 1. The third-order valence-electron chi connectivity index (χ3n) is 3.56. The van der Waals surface area contributed by atoms with Crippen LogP contribution in [-0.2, 0) is 13.0 Å². The maximum Gasteiger partial charge on any atom is 0.125 e. The van der Waals surface area contributed by atoms with Crippen LogP contribution in [-0.4, -0.2) is 16.3 Å². The van der Waals surface area contributed by atoms with Crippen molar-refractivity contribution in [3.05, 3.63) is 46.5 Å². The molecule has 4 heteroatoms. The summed E-state index contributed by atoms with van der Waals surface area (Å²) in [6.07, 6.45) is 0.942. The smallest absolute Gasteiger partial charge is 0.125 e. The molecule has 0 aliphatic rings. The maximum absolute atomic E-state index is 13.8. The maximum atomic E-state index is 13.8. The lowest BCUT2D eigenvalue weighted by Gasteiger charge is -2.09. The van der Waals surface area contributed by atoms with E-state index in [-0.39, 0.29) is 5.82 Å². The molecule has 1 heterocycles. The SMILES string of the molecule is CCNCc1cc(F)cc(-n2nc(C)c(CC)c2C)c1. The molecule has 0 saturated carbocycles. The van der Waals surface area contributed by atoms with Gasteiger partial charge in [0, 0.05) is 12.2 Å². The average molecular weight is 275 g/mol. The van der Waals surface area contributed by atoms with E-state index in [0.717, 1.165) is 35.6 Å². The van der Waals surface area contributed by atoms with Gasteiger partial charge in [-0.3, -0.25) is 0 Å². The number of halogens is 1. The van der Waals surface area contributed by atoms with Crippen molar-refractivity contribution in [1.29, 1.82) is 0 Å². The Morgan fingerprint density at radius 3 is 2.55 bits per heavy atom. The molecule has 20 heavy (non-hydrogen) atoms. The molecule has 0 bridgehead atoms. The van der Waals surface area contributed by atoms with Crippen LogP contribution in [0.2, 0.25) is 0 Å². The topological polar surface area (TPSA) is 29.9 Å². The average Bonchev–Trinajstić information content (AvgIpc) is 2.70. The third kappa shape index (κ3) is 2.90. The second-order valence-corrected chi connectivity index (χ2v) is 5.01. The van der Waals surface area contributed by atoms with E-state index in [1.165, 1.54) is 11.6 Å². The molecule has 1 N–H and O–H groups in total. The standard InChI is InChI=1S/C16H22FN3/c1-5-16-11(3)19-20(12(16)4)15-8-13(10-18-6-2)7-14(17)9-15/h7-9,18H,5-6,10H2,1-4H3. The van der Waals surface area contributed by atoms with Gasteiger partial charge < -0.3 is 5.32 Å². The van der Waals surface area contributed by atoms with Crippen molar-refractivity contribution in [2.45, 2.75) is 40.7 Å². The molecule has 2 rings (SSSR count). The van der Waals surface area contributed by atoms with Crippen molar-refractivity contribution < 1.29 is 4.39 Å². The number of nitrogens with one attached hydrogen (secondary N) is 1. The van der Waals surface area contributed by atoms with Crippen LogP contribution < -0.4 is 5.32 Å². The lowest BCUT2D eigenvalue weighted by molar-refractivity contribution is 0.618. The minimum Gasteiger partial charge on any atom is -0.313 e. The molecule has 0 amide bonds. The first-order valence-corrected chi connectivity index (χ1v) is 7.12. The molecule has 0 saturated heterocycles. The molecule has 1 aromatic carbocycles. The first-order valence-electron chi connectivity index (χ1n) is 7.12. The molecular formula is C16H22FN3. The number of aryl methyl sites for hydroxylation is 1. The zero-order chi connectivity index (χ0) is 14.7. The highest BCUT2D eigenvalue weighted by Gasteiger charge is 2.12. The van der Waals surface area contributed by atoms with Crippen LogP contribution in [0.4, 0.5) is 4.39 Å². The Bertz CT molecular complexity index is 602. The normalized spacial score (nSPS) is 11.1. The summed E-state index contributed by atoms with van der Waals surface area (Å²) in [5.74, 6) is -0.221. The summed E-state index contributed by atoms with van der Waals surface area (Å²) in [7, 11) is 0. The van der Waals surface area contributed by atoms with E-state index in [0.29, 0.717) is 6.54 Å². The Balaban J connectivity index is 2.44. The fourth-order valence-electron chi connectivity index (χ4n) is 2.57. The molecular weight excluding hydrogens is 253 g/mol. The lowest BCUT2D eigenvalue weighted by atomic mass is 10.1. The van der Waals surface area contributed by atoms with Crippen LogP contribution >= 0.6 is 0 Å². The van der Waals surface area contributed by atoms with Crippen LogP contribution in [0.3, 0.4) is 0 Å². The second-order valence-electron chi connectivity index (χ2n) is 5.01. The highest BCUT2D eigenvalue weighted by molar-refractivity contribution is 5.40. The Labute approximate surface area is 119 Å². The van der Waals surface area contributed by atoms with Crippen molar-refractivity contribution in [3.8, 4) is 5.69 Å². The van der Waals surface area contributed by atoms with E-state index in [1.807, 2.05) is 31.5 Å². The summed E-state index contributed by atoms with van der Waals surface area (Å²) in [6, 6.07) is 5.09. The van der Waals surface area contributed by atoms with Gasteiger partial charge in [0.1, 0.15) is 5.82 Å². The molecule has 0 atom stereocenters. The molecule has 3 nitrogen and oxygen atoms in total. The Morgan fingerprint density at radius 2 is 1.95 bits per heavy atom. The van der Waals surface area contributed by atoms with E-state index >= 15 is 0 Å². The van der Waals surface area contributed by atoms with Gasteiger partial charge in [0.15, 0.2) is 0 Å². The van der Waals surface area contributed by atoms with Crippen LogP contribution in [0.5, 0.6) is 0 Å². The van der Waals surface area contributed by atoms with Crippen molar-refractivity contribution >= 4 is 0 Å². The van der Waals surface area contributed by atoms with E-state index in [1.54, 1.807) is 6.07 Å². The molecule has 2 aromatic rings. The van der Waals surface area contributed by atoms with Gasteiger partial charge in [0.2, 0.25) is 0 Å². The van der Waals surface area contributed by atoms with Gasteiger partial charge in [0.25, 0.3) is 0 Å². The third-order valence-corrected chi connectivity index (χ3v) is 3.56. The van der Waals surface area contributed by atoms with Crippen LogP contribution in [0, 0.1) is 19.7 Å². The molecule has 0 aliphatic heterocycles. The van der Waals surface area contributed by atoms with Gasteiger partial charge in [-0.05, 0) is 56.1 Å². The monoisotopic (exact) mass is 275 g/mol. The number of rotatable bonds is 5. The highest BCUT2D eigenvalue weighted by atomic mass is 19.1. The number of benzene rings is 1. The number of aromatic nitrogens is 2. The van der Waals surface area contributed by atoms with E-state index in [4.69, 9.17) is 0 Å².